The second-order valence-electron chi connectivity index (χ2n) is 4.98. The summed E-state index contributed by atoms with van der Waals surface area (Å²) in [5.41, 5.74) is 5.24. The molecule has 2 heteroatoms. The van der Waals surface area contributed by atoms with Crippen molar-refractivity contribution in [3.63, 3.8) is 0 Å². The van der Waals surface area contributed by atoms with E-state index >= 15 is 0 Å². The molecule has 4 fully saturated rings. The minimum atomic E-state index is -0.453. The Morgan fingerprint density at radius 3 is 2.50 bits per heavy atom. The molecule has 0 aromatic heterocycles. The molecule has 0 saturated heterocycles. The maximum atomic E-state index is 10.4. The van der Waals surface area contributed by atoms with Gasteiger partial charge >= 0.3 is 0 Å². The molecule has 12 heavy (non-hydrogen) atoms. The average molecular weight is 167 g/mol. The quantitative estimate of drug-likeness (QED) is 0.605. The number of aliphatic hydroxyl groups is 1. The predicted octanol–water partition coefficient (Wildman–Crippen LogP) is 0.742. The zero-order valence-corrected chi connectivity index (χ0v) is 7.37. The van der Waals surface area contributed by atoms with Gasteiger partial charge in [-0.2, -0.15) is 0 Å². The fraction of sp³-hybridized carbons (Fsp3) is 1.00. The first kappa shape index (κ1) is 7.34. The number of rotatable bonds is 1. The zero-order chi connectivity index (χ0) is 8.34. The Morgan fingerprint density at radius 2 is 2.00 bits per heavy atom. The van der Waals surface area contributed by atoms with E-state index in [1.54, 1.807) is 0 Å². The van der Waals surface area contributed by atoms with E-state index in [1.165, 1.54) is 25.7 Å². The lowest BCUT2D eigenvalue weighted by atomic mass is 9.62. The van der Waals surface area contributed by atoms with Gasteiger partial charge < -0.3 is 10.8 Å². The SMILES string of the molecule is NCC1(O)C2CCC3CC2CC31. The van der Waals surface area contributed by atoms with Crippen LogP contribution in [0.15, 0.2) is 0 Å². The highest BCUT2D eigenvalue weighted by molar-refractivity contribution is 5.13. The van der Waals surface area contributed by atoms with Gasteiger partial charge in [0.15, 0.2) is 0 Å². The van der Waals surface area contributed by atoms with E-state index in [2.05, 4.69) is 0 Å². The van der Waals surface area contributed by atoms with Crippen molar-refractivity contribution in [1.82, 2.24) is 0 Å². The first-order valence-electron chi connectivity index (χ1n) is 5.18. The molecule has 4 saturated carbocycles. The molecule has 4 aliphatic carbocycles. The van der Waals surface area contributed by atoms with Gasteiger partial charge in [-0.05, 0) is 49.4 Å². The van der Waals surface area contributed by atoms with E-state index in [0.29, 0.717) is 18.4 Å². The number of nitrogens with two attached hydrogens (primary N) is 1. The lowest BCUT2D eigenvalue weighted by Gasteiger charge is -2.47. The van der Waals surface area contributed by atoms with Crippen molar-refractivity contribution in [3.05, 3.63) is 0 Å². The monoisotopic (exact) mass is 167 g/mol. The predicted molar refractivity (Wildman–Crippen MR) is 46.4 cm³/mol. The molecule has 0 aromatic rings. The fourth-order valence-electron chi connectivity index (χ4n) is 4.29. The molecule has 0 aromatic carbocycles. The van der Waals surface area contributed by atoms with Crippen LogP contribution < -0.4 is 5.73 Å². The topological polar surface area (TPSA) is 46.2 Å². The zero-order valence-electron chi connectivity index (χ0n) is 7.37. The molecule has 0 aliphatic heterocycles. The molecule has 68 valence electrons. The summed E-state index contributed by atoms with van der Waals surface area (Å²) < 4.78 is 0. The van der Waals surface area contributed by atoms with Crippen molar-refractivity contribution in [3.8, 4) is 0 Å². The average Bonchev–Trinajstić information content (AvgIpc) is 2.56. The number of fused-ring (bicyclic) bond motifs is 1. The molecule has 0 heterocycles. The molecule has 4 aliphatic rings. The van der Waals surface area contributed by atoms with Crippen LogP contribution in [0.25, 0.3) is 0 Å². The van der Waals surface area contributed by atoms with Crippen LogP contribution in [-0.4, -0.2) is 17.3 Å². The van der Waals surface area contributed by atoms with Gasteiger partial charge in [-0.25, -0.2) is 0 Å². The molecule has 4 bridgehead atoms. The molecular formula is C10H17NO. The first-order chi connectivity index (χ1) is 5.75. The Bertz CT molecular complexity index is 210. The first-order valence-corrected chi connectivity index (χ1v) is 5.18. The molecule has 3 N–H and O–H groups in total. The van der Waals surface area contributed by atoms with Crippen molar-refractivity contribution in [2.75, 3.05) is 6.54 Å². The van der Waals surface area contributed by atoms with E-state index in [-0.39, 0.29) is 0 Å². The Kier molecular flexibility index (Phi) is 1.25. The van der Waals surface area contributed by atoms with Gasteiger partial charge in [-0.1, -0.05) is 0 Å². The van der Waals surface area contributed by atoms with Crippen molar-refractivity contribution in [2.45, 2.75) is 31.3 Å². The summed E-state index contributed by atoms with van der Waals surface area (Å²) in [6.07, 6.45) is 5.24. The van der Waals surface area contributed by atoms with Crippen LogP contribution in [0.4, 0.5) is 0 Å². The molecule has 0 radical (unpaired) electrons. The second-order valence-corrected chi connectivity index (χ2v) is 4.98. The lowest BCUT2D eigenvalue weighted by molar-refractivity contribution is -0.103. The normalized spacial score (nSPS) is 61.5. The summed E-state index contributed by atoms with van der Waals surface area (Å²) in [7, 11) is 0. The van der Waals surface area contributed by atoms with Gasteiger partial charge in [0.1, 0.15) is 0 Å². The van der Waals surface area contributed by atoms with Gasteiger partial charge in [0, 0.05) is 6.54 Å². The van der Waals surface area contributed by atoms with Crippen LogP contribution in [0, 0.1) is 23.7 Å². The van der Waals surface area contributed by atoms with Crippen LogP contribution in [0.5, 0.6) is 0 Å². The summed E-state index contributed by atoms with van der Waals surface area (Å²) in [4.78, 5) is 0. The van der Waals surface area contributed by atoms with Crippen molar-refractivity contribution < 1.29 is 5.11 Å². The third-order valence-electron chi connectivity index (χ3n) is 4.76. The van der Waals surface area contributed by atoms with Crippen LogP contribution in [0.3, 0.4) is 0 Å². The summed E-state index contributed by atoms with van der Waals surface area (Å²) in [6, 6.07) is 0. The standard InChI is InChI=1S/C10H17NO/c11-5-10(12)8-2-1-6-3-7(8)4-9(6)10/h6-9,12H,1-5,11H2. The highest BCUT2D eigenvalue weighted by Crippen LogP contribution is 2.63. The molecule has 0 amide bonds. The third kappa shape index (κ3) is 0.612. The molecule has 0 spiro atoms. The Hall–Kier alpha value is -0.0800. The van der Waals surface area contributed by atoms with E-state index in [0.717, 1.165) is 11.8 Å². The number of hydrogen-bond donors (Lipinski definition) is 2. The second kappa shape index (κ2) is 2.05. The van der Waals surface area contributed by atoms with E-state index < -0.39 is 5.60 Å². The Morgan fingerprint density at radius 1 is 1.17 bits per heavy atom. The largest absolute Gasteiger partial charge is 0.388 e. The summed E-state index contributed by atoms with van der Waals surface area (Å²) >= 11 is 0. The van der Waals surface area contributed by atoms with Crippen molar-refractivity contribution in [2.24, 2.45) is 29.4 Å². The molecule has 2 nitrogen and oxygen atoms in total. The van der Waals surface area contributed by atoms with E-state index in [4.69, 9.17) is 5.73 Å². The van der Waals surface area contributed by atoms with Crippen LogP contribution >= 0.6 is 0 Å². The third-order valence-corrected chi connectivity index (χ3v) is 4.76. The minimum absolute atomic E-state index is 0.453. The van der Waals surface area contributed by atoms with Gasteiger partial charge in [-0.15, -0.1) is 0 Å². The molecule has 4 rings (SSSR count). The van der Waals surface area contributed by atoms with Gasteiger partial charge in [-0.3, -0.25) is 0 Å². The summed E-state index contributed by atoms with van der Waals surface area (Å²) in [6.45, 7) is 0.495. The van der Waals surface area contributed by atoms with Crippen LogP contribution in [0.1, 0.15) is 25.7 Å². The highest BCUT2D eigenvalue weighted by atomic mass is 16.3. The minimum Gasteiger partial charge on any atom is -0.388 e. The summed E-state index contributed by atoms with van der Waals surface area (Å²) in [5.74, 6) is 2.75. The highest BCUT2D eigenvalue weighted by Gasteiger charge is 2.62. The Balaban J connectivity index is 2.01. The van der Waals surface area contributed by atoms with Crippen LogP contribution in [-0.2, 0) is 0 Å². The molecule has 5 unspecified atom stereocenters. The van der Waals surface area contributed by atoms with Gasteiger partial charge in [0.05, 0.1) is 5.60 Å². The van der Waals surface area contributed by atoms with Crippen molar-refractivity contribution >= 4 is 0 Å². The van der Waals surface area contributed by atoms with Crippen molar-refractivity contribution in [1.29, 1.82) is 0 Å². The van der Waals surface area contributed by atoms with Gasteiger partial charge in [0.2, 0.25) is 0 Å². The Labute approximate surface area is 73.1 Å². The molecular weight excluding hydrogens is 150 g/mol. The van der Waals surface area contributed by atoms with E-state index in [1.807, 2.05) is 0 Å². The van der Waals surface area contributed by atoms with E-state index in [9.17, 15) is 5.11 Å². The summed E-state index contributed by atoms with van der Waals surface area (Å²) in [5, 5.41) is 10.4. The smallest absolute Gasteiger partial charge is 0.0830 e. The fourth-order valence-corrected chi connectivity index (χ4v) is 4.29. The van der Waals surface area contributed by atoms with Gasteiger partial charge in [0.25, 0.3) is 0 Å². The maximum absolute atomic E-state index is 10.4. The lowest BCUT2D eigenvalue weighted by Crippen LogP contribution is -2.54. The maximum Gasteiger partial charge on any atom is 0.0830 e. The number of hydrogen-bond acceptors (Lipinski definition) is 2. The van der Waals surface area contributed by atoms with Crippen LogP contribution in [0.2, 0.25) is 0 Å². The molecule has 5 atom stereocenters.